The van der Waals surface area contributed by atoms with Crippen molar-refractivity contribution in [3.63, 3.8) is 0 Å². The number of nitrogen functional groups attached to an aromatic ring is 1. The van der Waals surface area contributed by atoms with Gasteiger partial charge in [-0.2, -0.15) is 18.3 Å². The van der Waals surface area contributed by atoms with Gasteiger partial charge in [-0.25, -0.2) is 0 Å². The average molecular weight is 216 g/mol. The third-order valence-corrected chi connectivity index (χ3v) is 1.44. The minimum atomic E-state index is -4.42. The van der Waals surface area contributed by atoms with Gasteiger partial charge in [0.2, 0.25) is 0 Å². The molecule has 0 unspecified atom stereocenters. The lowest BCUT2D eigenvalue weighted by Crippen LogP contribution is -2.15. The summed E-state index contributed by atoms with van der Waals surface area (Å²) in [6.45, 7) is 1.73. The van der Waals surface area contributed by atoms with E-state index < -0.39 is 11.9 Å². The quantitative estimate of drug-likeness (QED) is 0.778. The normalized spacial score (nSPS) is 11.1. The second-order valence-electron chi connectivity index (χ2n) is 2.26. The average Bonchev–Trinajstić information content (AvgIpc) is 2.29. The zero-order valence-corrected chi connectivity index (χ0v) is 7.61. The van der Waals surface area contributed by atoms with Crippen molar-refractivity contribution >= 4 is 18.1 Å². The molecule has 0 fully saturated rings. The first kappa shape index (κ1) is 12.1. The molecule has 0 bridgehead atoms. The fraction of sp³-hybridized carbons (Fsp3) is 0.500. The molecular formula is C6H9ClF3N3. The highest BCUT2D eigenvalue weighted by Crippen LogP contribution is 2.32. The summed E-state index contributed by atoms with van der Waals surface area (Å²) < 4.78 is 37.4. The minimum absolute atomic E-state index is 0. The predicted molar refractivity (Wildman–Crippen MR) is 44.6 cm³/mol. The summed E-state index contributed by atoms with van der Waals surface area (Å²) in [6, 6.07) is 0. The van der Waals surface area contributed by atoms with E-state index in [9.17, 15) is 13.2 Å². The van der Waals surface area contributed by atoms with Crippen LogP contribution in [0.2, 0.25) is 0 Å². The molecule has 13 heavy (non-hydrogen) atoms. The van der Waals surface area contributed by atoms with Gasteiger partial charge < -0.3 is 5.73 Å². The van der Waals surface area contributed by atoms with Crippen molar-refractivity contribution in [1.82, 2.24) is 9.78 Å². The van der Waals surface area contributed by atoms with Gasteiger partial charge in [-0.05, 0) is 6.92 Å². The number of hydrogen-bond donors (Lipinski definition) is 1. The Bertz CT molecular complexity index is 281. The lowest BCUT2D eigenvalue weighted by atomic mass is 10.3. The Morgan fingerprint density at radius 2 is 2.08 bits per heavy atom. The second-order valence-corrected chi connectivity index (χ2v) is 2.26. The summed E-state index contributed by atoms with van der Waals surface area (Å²) in [5.41, 5.74) is 3.90. The molecule has 0 aliphatic rings. The number of rotatable bonds is 1. The molecule has 0 amide bonds. The van der Waals surface area contributed by atoms with Gasteiger partial charge in [-0.3, -0.25) is 4.68 Å². The van der Waals surface area contributed by atoms with E-state index in [0.717, 1.165) is 10.9 Å². The number of aromatic nitrogens is 2. The molecule has 3 nitrogen and oxygen atoms in total. The summed E-state index contributed by atoms with van der Waals surface area (Å²) in [7, 11) is 0. The smallest absolute Gasteiger partial charge is 0.396 e. The van der Waals surface area contributed by atoms with E-state index in [1.54, 1.807) is 6.92 Å². The van der Waals surface area contributed by atoms with E-state index >= 15 is 0 Å². The Balaban J connectivity index is 0.00000144. The van der Waals surface area contributed by atoms with Gasteiger partial charge in [-0.1, -0.05) is 0 Å². The van der Waals surface area contributed by atoms with Crippen LogP contribution in [-0.4, -0.2) is 9.78 Å². The summed E-state index contributed by atoms with van der Waals surface area (Å²) in [4.78, 5) is 0. The maximum Gasteiger partial charge on any atom is 0.435 e. The molecule has 0 aliphatic heterocycles. The summed E-state index contributed by atoms with van der Waals surface area (Å²) in [5, 5.41) is 3.47. The highest BCUT2D eigenvalue weighted by Gasteiger charge is 2.37. The van der Waals surface area contributed by atoms with Crippen LogP contribution in [0.1, 0.15) is 12.6 Å². The molecule has 0 saturated heterocycles. The maximum absolute atomic E-state index is 12.2. The van der Waals surface area contributed by atoms with Crippen LogP contribution in [0.5, 0.6) is 0 Å². The molecule has 1 aromatic heterocycles. The van der Waals surface area contributed by atoms with Crippen LogP contribution in [0.4, 0.5) is 18.9 Å². The monoisotopic (exact) mass is 215 g/mol. The topological polar surface area (TPSA) is 43.8 Å². The van der Waals surface area contributed by atoms with Crippen molar-refractivity contribution in [2.45, 2.75) is 19.6 Å². The number of halogens is 4. The first-order valence-corrected chi connectivity index (χ1v) is 3.35. The Hall–Kier alpha value is -0.910. The molecule has 0 aromatic carbocycles. The van der Waals surface area contributed by atoms with Gasteiger partial charge in [0.15, 0.2) is 5.69 Å². The molecule has 0 atom stereocenters. The zero-order valence-electron chi connectivity index (χ0n) is 6.80. The van der Waals surface area contributed by atoms with Crippen molar-refractivity contribution in [2.24, 2.45) is 0 Å². The zero-order chi connectivity index (χ0) is 9.35. The van der Waals surface area contributed by atoms with Gasteiger partial charge in [0.1, 0.15) is 0 Å². The first-order valence-electron chi connectivity index (χ1n) is 3.35. The molecule has 76 valence electrons. The molecule has 1 heterocycles. The summed E-state index contributed by atoms with van der Waals surface area (Å²) in [5.74, 6) is 0. The van der Waals surface area contributed by atoms with Crippen LogP contribution in [0, 0.1) is 0 Å². The number of nitrogens with zero attached hydrogens (tertiary/aromatic N) is 2. The van der Waals surface area contributed by atoms with Crippen molar-refractivity contribution in [3.8, 4) is 0 Å². The number of nitrogens with two attached hydrogens (primary N) is 1. The Kier molecular flexibility index (Phi) is 3.60. The van der Waals surface area contributed by atoms with E-state index in [-0.39, 0.29) is 24.6 Å². The van der Waals surface area contributed by atoms with E-state index in [2.05, 4.69) is 5.10 Å². The predicted octanol–water partition coefficient (Wildman–Crippen LogP) is 1.93. The number of anilines is 1. The highest BCUT2D eigenvalue weighted by molar-refractivity contribution is 5.85. The van der Waals surface area contributed by atoms with Crippen LogP contribution < -0.4 is 5.73 Å². The van der Waals surface area contributed by atoms with Crippen LogP contribution in [0.25, 0.3) is 0 Å². The lowest BCUT2D eigenvalue weighted by molar-refractivity contribution is -0.143. The molecule has 0 spiro atoms. The molecule has 1 aromatic rings. The van der Waals surface area contributed by atoms with Gasteiger partial charge in [0, 0.05) is 6.54 Å². The molecule has 0 radical (unpaired) electrons. The fourth-order valence-electron chi connectivity index (χ4n) is 0.950. The van der Waals surface area contributed by atoms with E-state index in [0.29, 0.717) is 0 Å². The lowest BCUT2D eigenvalue weighted by Gasteiger charge is -2.08. The summed E-state index contributed by atoms with van der Waals surface area (Å²) >= 11 is 0. The third kappa shape index (κ3) is 2.27. The van der Waals surface area contributed by atoms with Crippen molar-refractivity contribution in [3.05, 3.63) is 11.9 Å². The van der Waals surface area contributed by atoms with Crippen LogP contribution in [0.3, 0.4) is 0 Å². The number of hydrogen-bond acceptors (Lipinski definition) is 2. The minimum Gasteiger partial charge on any atom is -0.396 e. The van der Waals surface area contributed by atoms with E-state index in [1.807, 2.05) is 0 Å². The SMILES string of the molecule is CCn1ncc(N)c1C(F)(F)F.Cl. The highest BCUT2D eigenvalue weighted by atomic mass is 35.5. The van der Waals surface area contributed by atoms with Crippen LogP contribution >= 0.6 is 12.4 Å². The van der Waals surface area contributed by atoms with Crippen molar-refractivity contribution < 1.29 is 13.2 Å². The van der Waals surface area contributed by atoms with Crippen LogP contribution in [-0.2, 0) is 12.7 Å². The fourth-order valence-corrected chi connectivity index (χ4v) is 0.950. The van der Waals surface area contributed by atoms with Gasteiger partial charge >= 0.3 is 6.18 Å². The number of alkyl halides is 3. The maximum atomic E-state index is 12.2. The Morgan fingerprint density at radius 1 is 1.54 bits per heavy atom. The molecule has 0 aliphatic carbocycles. The molecule has 2 N–H and O–H groups in total. The van der Waals surface area contributed by atoms with Crippen molar-refractivity contribution in [2.75, 3.05) is 5.73 Å². The Labute approximate surface area is 79.1 Å². The van der Waals surface area contributed by atoms with E-state index in [1.165, 1.54) is 0 Å². The molecule has 7 heteroatoms. The Morgan fingerprint density at radius 3 is 2.38 bits per heavy atom. The van der Waals surface area contributed by atoms with Gasteiger partial charge in [0.25, 0.3) is 0 Å². The summed E-state index contributed by atoms with van der Waals surface area (Å²) in [6.07, 6.45) is -3.41. The second kappa shape index (κ2) is 3.87. The largest absolute Gasteiger partial charge is 0.435 e. The van der Waals surface area contributed by atoms with Crippen molar-refractivity contribution in [1.29, 1.82) is 0 Å². The third-order valence-electron chi connectivity index (χ3n) is 1.44. The standard InChI is InChI=1S/C6H8F3N3.ClH/c1-2-12-5(6(7,8)9)4(10)3-11-12;/h3H,2,10H2,1H3;1H. The van der Waals surface area contributed by atoms with E-state index in [4.69, 9.17) is 5.73 Å². The van der Waals surface area contributed by atoms with Crippen LogP contribution in [0.15, 0.2) is 6.20 Å². The molecular weight excluding hydrogens is 207 g/mol. The molecule has 1 rings (SSSR count). The molecule has 0 saturated carbocycles. The number of aryl methyl sites for hydroxylation is 1. The van der Waals surface area contributed by atoms with Gasteiger partial charge in [0.05, 0.1) is 11.9 Å². The van der Waals surface area contributed by atoms with Gasteiger partial charge in [-0.15, -0.1) is 12.4 Å². The first-order chi connectivity index (χ1) is 5.46.